The van der Waals surface area contributed by atoms with Crippen LogP contribution in [0.15, 0.2) is 84.9 Å². The summed E-state index contributed by atoms with van der Waals surface area (Å²) in [5.41, 5.74) is 1.31. The molecule has 0 bridgehead atoms. The average Bonchev–Trinajstić information content (AvgIpc) is 2.62. The van der Waals surface area contributed by atoms with Crippen LogP contribution in [-0.4, -0.2) is 5.68 Å². The summed E-state index contributed by atoms with van der Waals surface area (Å²) in [5, 5.41) is 4.57. The van der Waals surface area contributed by atoms with Crippen LogP contribution in [0.5, 0.6) is 0 Å². The van der Waals surface area contributed by atoms with Gasteiger partial charge in [0, 0.05) is 22.1 Å². The Bertz CT molecular complexity index is 926. The van der Waals surface area contributed by atoms with E-state index in [1.165, 1.54) is 0 Å². The van der Waals surface area contributed by atoms with Gasteiger partial charge in [0.2, 0.25) is 0 Å². The lowest BCUT2D eigenvalue weighted by molar-refractivity contribution is 1.45. The van der Waals surface area contributed by atoms with Gasteiger partial charge < -0.3 is 4.81 Å². The van der Waals surface area contributed by atoms with E-state index < -0.39 is 5.68 Å². The molecular formula is C20H14BCl2N. The molecule has 0 saturated carbocycles. The first-order valence-electron chi connectivity index (χ1n) is 7.78. The number of nitrogens with zero attached hydrogens (tertiary/aromatic N) is 1. The van der Waals surface area contributed by atoms with Gasteiger partial charge in [0.15, 0.2) is 0 Å². The molecule has 24 heavy (non-hydrogen) atoms. The van der Waals surface area contributed by atoms with E-state index in [1.54, 1.807) is 0 Å². The van der Waals surface area contributed by atoms with Crippen molar-refractivity contribution in [2.24, 2.45) is 0 Å². The monoisotopic (exact) mass is 349 g/mol. The van der Waals surface area contributed by atoms with Crippen LogP contribution >= 0.6 is 22.9 Å². The summed E-state index contributed by atoms with van der Waals surface area (Å²) in [6.45, 7) is 0. The predicted octanol–water partition coefficient (Wildman–Crippen LogP) is 6.59. The molecule has 4 rings (SSSR count). The van der Waals surface area contributed by atoms with Gasteiger partial charge in [-0.25, -0.2) is 0 Å². The molecule has 0 atom stereocenters. The molecule has 4 aromatic carbocycles. The molecule has 0 spiro atoms. The zero-order valence-corrected chi connectivity index (χ0v) is 14.4. The molecule has 0 aromatic heterocycles. The Kier molecular flexibility index (Phi) is 4.09. The molecule has 0 amide bonds. The average molecular weight is 350 g/mol. The molecule has 116 valence electrons. The van der Waals surface area contributed by atoms with Crippen LogP contribution in [-0.2, 0) is 0 Å². The highest BCUT2D eigenvalue weighted by molar-refractivity contribution is 7.35. The van der Waals surface area contributed by atoms with E-state index in [9.17, 15) is 0 Å². The summed E-state index contributed by atoms with van der Waals surface area (Å²) < 4.78 is 0. The van der Waals surface area contributed by atoms with Crippen molar-refractivity contribution in [3.63, 3.8) is 0 Å². The first-order chi connectivity index (χ1) is 11.8. The highest BCUT2D eigenvalue weighted by Gasteiger charge is 2.24. The lowest BCUT2D eigenvalue weighted by atomic mass is 10.0. The van der Waals surface area contributed by atoms with E-state index in [0.29, 0.717) is 0 Å². The van der Waals surface area contributed by atoms with Crippen molar-refractivity contribution in [2.45, 2.75) is 0 Å². The van der Waals surface area contributed by atoms with E-state index in [1.807, 2.05) is 41.2 Å². The molecule has 0 heterocycles. The van der Waals surface area contributed by atoms with Crippen molar-refractivity contribution in [1.82, 2.24) is 0 Å². The molecule has 0 radical (unpaired) electrons. The van der Waals surface area contributed by atoms with Gasteiger partial charge in [0.25, 0.3) is 0 Å². The second kappa shape index (κ2) is 6.39. The summed E-state index contributed by atoms with van der Waals surface area (Å²) >= 11 is 12.8. The van der Waals surface area contributed by atoms with Crippen LogP contribution in [0.3, 0.4) is 0 Å². The van der Waals surface area contributed by atoms with E-state index in [0.717, 1.165) is 32.9 Å². The summed E-state index contributed by atoms with van der Waals surface area (Å²) in [7, 11) is 0. The SMILES string of the molecule is ClB(Cl)N(c1cccc2ccccc12)c1cccc2ccccc12. The number of anilines is 2. The first kappa shape index (κ1) is 15.4. The maximum Gasteiger partial charge on any atom is 0.472 e. The third kappa shape index (κ3) is 2.62. The standard InChI is InChI=1S/C20H14BCl2N/c22-21(23)24(19-13-5-9-15-7-1-3-11-17(15)19)20-14-6-10-16-8-2-4-12-18(16)20/h1-14H. The number of fused-ring (bicyclic) bond motifs is 2. The maximum absolute atomic E-state index is 6.40. The fourth-order valence-electron chi connectivity index (χ4n) is 3.18. The Labute approximate surface area is 151 Å². The van der Waals surface area contributed by atoms with Gasteiger partial charge >= 0.3 is 5.68 Å². The number of hydrogen-bond donors (Lipinski definition) is 0. The Morgan fingerprint density at radius 3 is 1.42 bits per heavy atom. The summed E-state index contributed by atoms with van der Waals surface area (Å²) in [6, 6.07) is 28.9. The van der Waals surface area contributed by atoms with E-state index in [-0.39, 0.29) is 0 Å². The Hall–Kier alpha value is -2.16. The van der Waals surface area contributed by atoms with Crippen molar-refractivity contribution in [1.29, 1.82) is 0 Å². The molecule has 4 aromatic rings. The van der Waals surface area contributed by atoms with Crippen LogP contribution in [0.2, 0.25) is 0 Å². The molecule has 4 heteroatoms. The summed E-state index contributed by atoms with van der Waals surface area (Å²) in [4.78, 5) is 1.98. The number of rotatable bonds is 3. The Morgan fingerprint density at radius 2 is 0.958 bits per heavy atom. The van der Waals surface area contributed by atoms with Crippen LogP contribution in [0.4, 0.5) is 11.4 Å². The molecule has 1 nitrogen and oxygen atoms in total. The Balaban J connectivity index is 2.01. The predicted molar refractivity (Wildman–Crippen MR) is 107 cm³/mol. The van der Waals surface area contributed by atoms with E-state index in [2.05, 4.69) is 48.5 Å². The minimum Gasteiger partial charge on any atom is -0.357 e. The second-order valence-electron chi connectivity index (χ2n) is 5.64. The van der Waals surface area contributed by atoms with Crippen molar-refractivity contribution in [3.8, 4) is 0 Å². The molecular weight excluding hydrogens is 336 g/mol. The third-order valence-electron chi connectivity index (χ3n) is 4.25. The lowest BCUT2D eigenvalue weighted by Gasteiger charge is -2.27. The molecule has 0 N–H and O–H groups in total. The zero-order valence-electron chi connectivity index (χ0n) is 12.9. The molecule has 0 fully saturated rings. The van der Waals surface area contributed by atoms with E-state index in [4.69, 9.17) is 22.9 Å². The third-order valence-corrected chi connectivity index (χ3v) is 4.64. The quantitative estimate of drug-likeness (QED) is 0.377. The van der Waals surface area contributed by atoms with Gasteiger partial charge in [0.05, 0.1) is 0 Å². The van der Waals surface area contributed by atoms with Crippen LogP contribution in [0.1, 0.15) is 0 Å². The number of benzene rings is 4. The second-order valence-corrected chi connectivity index (χ2v) is 6.69. The number of halogens is 2. The molecule has 0 aliphatic carbocycles. The molecule has 0 aliphatic heterocycles. The van der Waals surface area contributed by atoms with Crippen molar-refractivity contribution in [2.75, 3.05) is 4.81 Å². The fraction of sp³-hybridized carbons (Fsp3) is 0. The van der Waals surface area contributed by atoms with Crippen molar-refractivity contribution in [3.05, 3.63) is 84.9 Å². The van der Waals surface area contributed by atoms with Gasteiger partial charge in [-0.3, -0.25) is 0 Å². The summed E-state index contributed by atoms with van der Waals surface area (Å²) in [6.07, 6.45) is 0. The number of hydrogen-bond acceptors (Lipinski definition) is 1. The molecule has 0 unspecified atom stereocenters. The topological polar surface area (TPSA) is 3.24 Å². The summed E-state index contributed by atoms with van der Waals surface area (Å²) in [5.74, 6) is 0. The minimum absolute atomic E-state index is 0.693. The van der Waals surface area contributed by atoms with Gasteiger partial charge in [-0.2, -0.15) is 0 Å². The van der Waals surface area contributed by atoms with Crippen LogP contribution in [0.25, 0.3) is 21.5 Å². The normalized spacial score (nSPS) is 10.9. The van der Waals surface area contributed by atoms with E-state index >= 15 is 0 Å². The van der Waals surface area contributed by atoms with Crippen molar-refractivity contribution >= 4 is 61.5 Å². The van der Waals surface area contributed by atoms with Gasteiger partial charge in [-0.1, -0.05) is 72.8 Å². The van der Waals surface area contributed by atoms with Gasteiger partial charge in [0.1, 0.15) is 0 Å². The van der Waals surface area contributed by atoms with Crippen LogP contribution < -0.4 is 4.81 Å². The maximum atomic E-state index is 6.40. The molecule has 0 saturated heterocycles. The molecule has 0 aliphatic rings. The first-order valence-corrected chi connectivity index (χ1v) is 8.66. The highest BCUT2D eigenvalue weighted by atomic mass is 35.5. The highest BCUT2D eigenvalue weighted by Crippen LogP contribution is 2.38. The minimum atomic E-state index is -0.693. The lowest BCUT2D eigenvalue weighted by Crippen LogP contribution is -2.26. The fourth-order valence-corrected chi connectivity index (χ4v) is 3.60. The largest absolute Gasteiger partial charge is 0.472 e. The van der Waals surface area contributed by atoms with Crippen molar-refractivity contribution < 1.29 is 0 Å². The van der Waals surface area contributed by atoms with Gasteiger partial charge in [-0.15, -0.1) is 22.9 Å². The van der Waals surface area contributed by atoms with Gasteiger partial charge in [-0.05, 0) is 22.9 Å². The Morgan fingerprint density at radius 1 is 0.542 bits per heavy atom. The van der Waals surface area contributed by atoms with Crippen LogP contribution in [0, 0.1) is 0 Å². The smallest absolute Gasteiger partial charge is 0.357 e. The zero-order chi connectivity index (χ0) is 16.5.